The number of nitrogens with one attached hydrogen (secondary N) is 1. The highest BCUT2D eigenvalue weighted by Gasteiger charge is 2.21. The van der Waals surface area contributed by atoms with E-state index in [9.17, 15) is 4.79 Å². The highest BCUT2D eigenvalue weighted by Crippen LogP contribution is 2.23. The number of carbonyl (C=O) groups excluding carboxylic acids is 1. The molecule has 1 aliphatic rings. The Morgan fingerprint density at radius 3 is 3.08 bits per heavy atom. The lowest BCUT2D eigenvalue weighted by molar-refractivity contribution is 0.111. The zero-order chi connectivity index (χ0) is 9.26. The summed E-state index contributed by atoms with van der Waals surface area (Å²) in [5.41, 5.74) is 1.36. The second kappa shape index (κ2) is 3.30. The van der Waals surface area contributed by atoms with Crippen molar-refractivity contribution in [2.75, 3.05) is 13.2 Å². The van der Waals surface area contributed by atoms with Crippen LogP contribution in [-0.4, -0.2) is 29.5 Å². The van der Waals surface area contributed by atoms with E-state index >= 15 is 0 Å². The van der Waals surface area contributed by atoms with Gasteiger partial charge in [-0.25, -0.2) is 4.98 Å². The molecule has 0 radical (unpaired) electrons. The molecule has 2 rings (SSSR count). The molecule has 1 atom stereocenters. The number of ether oxygens (including phenoxy) is 1. The van der Waals surface area contributed by atoms with Crippen LogP contribution in [0.1, 0.15) is 34.3 Å². The van der Waals surface area contributed by atoms with Gasteiger partial charge in [-0.3, -0.25) is 4.79 Å². The molecule has 1 aliphatic heterocycles. The SMILES string of the molecule is Cc1[nH]c(C2CCOC2)nc1C=O. The number of imidazole rings is 1. The maximum Gasteiger partial charge on any atom is 0.170 e. The van der Waals surface area contributed by atoms with Crippen LogP contribution in [0, 0.1) is 6.92 Å². The van der Waals surface area contributed by atoms with Crippen LogP contribution in [-0.2, 0) is 4.74 Å². The number of aromatic amines is 1. The van der Waals surface area contributed by atoms with Crippen molar-refractivity contribution in [1.29, 1.82) is 0 Å². The molecule has 1 N–H and O–H groups in total. The minimum atomic E-state index is 0.340. The van der Waals surface area contributed by atoms with Gasteiger partial charge < -0.3 is 9.72 Å². The molecule has 0 amide bonds. The van der Waals surface area contributed by atoms with Crippen molar-refractivity contribution in [3.05, 3.63) is 17.2 Å². The normalized spacial score (nSPS) is 22.1. The van der Waals surface area contributed by atoms with Crippen molar-refractivity contribution in [2.24, 2.45) is 0 Å². The largest absolute Gasteiger partial charge is 0.381 e. The molecule has 70 valence electrons. The van der Waals surface area contributed by atoms with Crippen LogP contribution < -0.4 is 0 Å². The lowest BCUT2D eigenvalue weighted by Gasteiger charge is -2.00. The Kier molecular flexibility index (Phi) is 2.14. The van der Waals surface area contributed by atoms with Gasteiger partial charge in [0.2, 0.25) is 0 Å². The minimum Gasteiger partial charge on any atom is -0.381 e. The maximum atomic E-state index is 10.5. The Morgan fingerprint density at radius 2 is 2.54 bits per heavy atom. The van der Waals surface area contributed by atoms with Crippen LogP contribution in [0.3, 0.4) is 0 Å². The van der Waals surface area contributed by atoms with E-state index in [1.807, 2.05) is 6.92 Å². The summed E-state index contributed by atoms with van der Waals surface area (Å²) >= 11 is 0. The Balaban J connectivity index is 2.24. The van der Waals surface area contributed by atoms with E-state index in [1.54, 1.807) is 0 Å². The molecule has 0 aromatic carbocycles. The number of nitrogens with zero attached hydrogens (tertiary/aromatic N) is 1. The molecule has 4 heteroatoms. The molecule has 1 fully saturated rings. The highest BCUT2D eigenvalue weighted by atomic mass is 16.5. The first-order chi connectivity index (χ1) is 6.31. The van der Waals surface area contributed by atoms with Crippen LogP contribution in [0.15, 0.2) is 0 Å². The van der Waals surface area contributed by atoms with Crippen molar-refractivity contribution in [3.63, 3.8) is 0 Å². The fourth-order valence-corrected chi connectivity index (χ4v) is 1.56. The van der Waals surface area contributed by atoms with Crippen LogP contribution >= 0.6 is 0 Å². The fourth-order valence-electron chi connectivity index (χ4n) is 1.56. The fraction of sp³-hybridized carbons (Fsp3) is 0.556. The Labute approximate surface area is 76.3 Å². The van der Waals surface area contributed by atoms with Gasteiger partial charge in [0.25, 0.3) is 0 Å². The summed E-state index contributed by atoms with van der Waals surface area (Å²) < 4.78 is 5.25. The van der Waals surface area contributed by atoms with Crippen LogP contribution in [0.2, 0.25) is 0 Å². The standard InChI is InChI=1S/C9H12N2O2/c1-6-8(4-12)11-9(10-6)7-2-3-13-5-7/h4,7H,2-3,5H2,1H3,(H,10,11). The number of hydrogen-bond donors (Lipinski definition) is 1. The third-order valence-electron chi connectivity index (χ3n) is 2.37. The molecule has 1 aromatic rings. The van der Waals surface area contributed by atoms with E-state index < -0.39 is 0 Å². The smallest absolute Gasteiger partial charge is 0.170 e. The van der Waals surface area contributed by atoms with Crippen molar-refractivity contribution in [1.82, 2.24) is 9.97 Å². The zero-order valence-electron chi connectivity index (χ0n) is 7.54. The predicted octanol–water partition coefficient (Wildman–Crippen LogP) is 1.03. The Morgan fingerprint density at radius 1 is 1.69 bits per heavy atom. The maximum absolute atomic E-state index is 10.5. The second-order valence-electron chi connectivity index (χ2n) is 3.31. The summed E-state index contributed by atoms with van der Waals surface area (Å²) in [7, 11) is 0. The van der Waals surface area contributed by atoms with Crippen LogP contribution in [0.25, 0.3) is 0 Å². The zero-order valence-corrected chi connectivity index (χ0v) is 7.54. The molecule has 0 saturated carbocycles. The van der Waals surface area contributed by atoms with E-state index in [2.05, 4.69) is 9.97 Å². The van der Waals surface area contributed by atoms with Gasteiger partial charge in [-0.1, -0.05) is 0 Å². The predicted molar refractivity (Wildman–Crippen MR) is 46.9 cm³/mol. The molecule has 0 aliphatic carbocycles. The topological polar surface area (TPSA) is 55.0 Å². The molecular formula is C9H12N2O2. The van der Waals surface area contributed by atoms with Gasteiger partial charge in [0.1, 0.15) is 11.5 Å². The molecule has 2 heterocycles. The summed E-state index contributed by atoms with van der Waals surface area (Å²) in [6.07, 6.45) is 1.77. The molecule has 0 bridgehead atoms. The minimum absolute atomic E-state index is 0.340. The van der Waals surface area contributed by atoms with Crippen molar-refractivity contribution >= 4 is 6.29 Å². The quantitative estimate of drug-likeness (QED) is 0.692. The van der Waals surface area contributed by atoms with Crippen molar-refractivity contribution in [2.45, 2.75) is 19.3 Å². The number of aromatic nitrogens is 2. The van der Waals surface area contributed by atoms with Crippen LogP contribution in [0.5, 0.6) is 0 Å². The number of aryl methyl sites for hydroxylation is 1. The second-order valence-corrected chi connectivity index (χ2v) is 3.31. The van der Waals surface area contributed by atoms with E-state index in [1.165, 1.54) is 0 Å². The first-order valence-electron chi connectivity index (χ1n) is 4.40. The van der Waals surface area contributed by atoms with Gasteiger partial charge in [-0.2, -0.15) is 0 Å². The van der Waals surface area contributed by atoms with Crippen molar-refractivity contribution in [3.8, 4) is 0 Å². The van der Waals surface area contributed by atoms with Gasteiger partial charge in [-0.15, -0.1) is 0 Å². The van der Waals surface area contributed by atoms with E-state index in [-0.39, 0.29) is 0 Å². The molecule has 1 saturated heterocycles. The monoisotopic (exact) mass is 180 g/mol. The molecule has 1 aromatic heterocycles. The van der Waals surface area contributed by atoms with Crippen molar-refractivity contribution < 1.29 is 9.53 Å². The molecular weight excluding hydrogens is 168 g/mol. The van der Waals surface area contributed by atoms with Gasteiger partial charge in [0.05, 0.1) is 6.61 Å². The van der Waals surface area contributed by atoms with E-state index in [4.69, 9.17) is 4.74 Å². The number of aldehydes is 1. The van der Waals surface area contributed by atoms with Gasteiger partial charge in [0, 0.05) is 18.2 Å². The number of hydrogen-bond acceptors (Lipinski definition) is 3. The Bertz CT molecular complexity index is 313. The third kappa shape index (κ3) is 1.49. The average Bonchev–Trinajstić information content (AvgIpc) is 2.71. The average molecular weight is 180 g/mol. The molecule has 4 nitrogen and oxygen atoms in total. The number of rotatable bonds is 2. The van der Waals surface area contributed by atoms with E-state index in [0.717, 1.165) is 30.8 Å². The van der Waals surface area contributed by atoms with Gasteiger partial charge in [0.15, 0.2) is 6.29 Å². The lowest BCUT2D eigenvalue weighted by atomic mass is 10.1. The van der Waals surface area contributed by atoms with E-state index in [0.29, 0.717) is 18.2 Å². The van der Waals surface area contributed by atoms with Gasteiger partial charge >= 0.3 is 0 Å². The first kappa shape index (κ1) is 8.44. The Hall–Kier alpha value is -1.16. The number of H-pyrrole nitrogens is 1. The molecule has 1 unspecified atom stereocenters. The van der Waals surface area contributed by atoms with Crippen LogP contribution in [0.4, 0.5) is 0 Å². The summed E-state index contributed by atoms with van der Waals surface area (Å²) in [5.74, 6) is 1.23. The lowest BCUT2D eigenvalue weighted by Crippen LogP contribution is -1.99. The molecule has 0 spiro atoms. The molecule has 13 heavy (non-hydrogen) atoms. The van der Waals surface area contributed by atoms with Gasteiger partial charge in [-0.05, 0) is 13.3 Å². The summed E-state index contributed by atoms with van der Waals surface area (Å²) in [5, 5.41) is 0. The first-order valence-corrected chi connectivity index (χ1v) is 4.40. The summed E-state index contributed by atoms with van der Waals surface area (Å²) in [6.45, 7) is 3.36. The number of carbonyl (C=O) groups is 1. The summed E-state index contributed by atoms with van der Waals surface area (Å²) in [6, 6.07) is 0. The third-order valence-corrected chi connectivity index (χ3v) is 2.37. The highest BCUT2D eigenvalue weighted by molar-refractivity contribution is 5.73. The summed E-state index contributed by atoms with van der Waals surface area (Å²) in [4.78, 5) is 17.9.